The number of hydrogen-bond donors (Lipinski definition) is 4. The highest BCUT2D eigenvalue weighted by atomic mass is 19.1. The number of carbonyl (C=O) groups is 1. The number of methoxy groups -OCH3 is 1. The van der Waals surface area contributed by atoms with Crippen LogP contribution < -0.4 is 16.0 Å². The summed E-state index contributed by atoms with van der Waals surface area (Å²) >= 11 is 0. The topological polar surface area (TPSA) is 160 Å². The number of ether oxygens (including phenoxy) is 1. The minimum atomic E-state index is -1.08. The Bertz CT molecular complexity index is 1540. The number of pyridine rings is 1. The molecule has 1 fully saturated rings. The van der Waals surface area contributed by atoms with Gasteiger partial charge in [0.15, 0.2) is 0 Å². The third kappa shape index (κ3) is 6.65. The molecule has 0 spiro atoms. The van der Waals surface area contributed by atoms with Gasteiger partial charge in [-0.3, -0.25) is 4.98 Å². The number of aromatic amines is 1. The molecule has 4 rings (SSSR count). The first-order valence-corrected chi connectivity index (χ1v) is 13.6. The lowest BCUT2D eigenvalue weighted by Gasteiger charge is -2.45. The van der Waals surface area contributed by atoms with Gasteiger partial charge in [0.2, 0.25) is 5.95 Å². The second-order valence-corrected chi connectivity index (χ2v) is 11.1. The highest BCUT2D eigenvalue weighted by Gasteiger charge is 2.38. The standard InChI is InChI=1S/C30H35F2N9O2/c1-17-14-41(15-23(35)27(17)40(4)29(42)43-5)25-8-9-36-13-24(25)39-28-37-12-19(38-28)6-7-22(34)26-20(31)10-18(11-21(26)32)30(2,3)16-33/h6-13,17,23,27,34H,14-15,35H2,1-5H3,(H2,37,38,39)/b7-6-,34-22?. The molecule has 1 aliphatic rings. The van der Waals surface area contributed by atoms with Crippen LogP contribution in [0.25, 0.3) is 6.08 Å². The van der Waals surface area contributed by atoms with Crippen molar-refractivity contribution in [3.8, 4) is 6.07 Å². The number of nitrogens with two attached hydrogens (primary N) is 1. The van der Waals surface area contributed by atoms with Crippen molar-refractivity contribution in [3.05, 3.63) is 71.3 Å². The molecule has 11 nitrogen and oxygen atoms in total. The summed E-state index contributed by atoms with van der Waals surface area (Å²) in [6, 6.07) is 5.53. The SMILES string of the molecule is COC(=O)N(C)C1C(C)CN(c2ccncc2Nc2ncc(/C=C\C(=N)c3c(F)cc(C(C)(C)C#N)cc3F)[nH]2)CC1N. The van der Waals surface area contributed by atoms with E-state index in [-0.39, 0.29) is 29.3 Å². The number of nitriles is 1. The molecule has 1 aliphatic heterocycles. The fourth-order valence-electron chi connectivity index (χ4n) is 5.33. The number of aromatic nitrogens is 3. The van der Waals surface area contributed by atoms with Gasteiger partial charge >= 0.3 is 6.09 Å². The molecule has 0 aliphatic carbocycles. The van der Waals surface area contributed by atoms with Crippen molar-refractivity contribution in [2.45, 2.75) is 38.3 Å². The van der Waals surface area contributed by atoms with Crippen LogP contribution in [-0.4, -0.2) is 71.0 Å². The van der Waals surface area contributed by atoms with Gasteiger partial charge in [-0.1, -0.05) is 6.92 Å². The predicted octanol–water partition coefficient (Wildman–Crippen LogP) is 4.56. The molecule has 226 valence electrons. The van der Waals surface area contributed by atoms with Crippen LogP contribution in [0, 0.1) is 34.3 Å². The molecular weight excluding hydrogens is 556 g/mol. The number of likely N-dealkylation sites (N-methyl/N-ethyl adjacent to an activating group) is 1. The fourth-order valence-corrected chi connectivity index (χ4v) is 5.33. The average molecular weight is 592 g/mol. The van der Waals surface area contributed by atoms with Crippen molar-refractivity contribution in [2.24, 2.45) is 11.7 Å². The number of piperidine rings is 1. The number of rotatable bonds is 8. The smallest absolute Gasteiger partial charge is 0.409 e. The van der Waals surface area contributed by atoms with Crippen LogP contribution in [-0.2, 0) is 10.2 Å². The number of H-pyrrole nitrogens is 1. The van der Waals surface area contributed by atoms with Crippen molar-refractivity contribution in [3.63, 3.8) is 0 Å². The van der Waals surface area contributed by atoms with E-state index in [1.165, 1.54) is 25.5 Å². The number of allylic oxidation sites excluding steroid dienone is 1. The maximum absolute atomic E-state index is 14.8. The number of nitrogens with zero attached hydrogens (tertiary/aromatic N) is 5. The van der Waals surface area contributed by atoms with Crippen LogP contribution in [0.15, 0.2) is 42.9 Å². The zero-order valence-corrected chi connectivity index (χ0v) is 24.7. The van der Waals surface area contributed by atoms with Gasteiger partial charge < -0.3 is 36.0 Å². The first-order chi connectivity index (χ1) is 20.4. The molecule has 0 bridgehead atoms. The summed E-state index contributed by atoms with van der Waals surface area (Å²) in [6.07, 6.45) is 7.17. The quantitative estimate of drug-likeness (QED) is 0.277. The van der Waals surface area contributed by atoms with E-state index in [1.807, 2.05) is 19.1 Å². The molecule has 3 atom stereocenters. The molecule has 1 saturated heterocycles. The van der Waals surface area contributed by atoms with Crippen molar-refractivity contribution in [2.75, 3.05) is 37.5 Å². The molecule has 43 heavy (non-hydrogen) atoms. The number of anilines is 3. The van der Waals surface area contributed by atoms with Gasteiger partial charge in [-0.05, 0) is 55.7 Å². The third-order valence-corrected chi connectivity index (χ3v) is 7.60. The molecule has 13 heteroatoms. The second-order valence-electron chi connectivity index (χ2n) is 11.1. The number of hydrogen-bond acceptors (Lipinski definition) is 9. The zero-order valence-electron chi connectivity index (χ0n) is 24.7. The largest absolute Gasteiger partial charge is 0.453 e. The van der Waals surface area contributed by atoms with Gasteiger partial charge in [0.1, 0.15) is 11.6 Å². The minimum absolute atomic E-state index is 0.0493. The lowest BCUT2D eigenvalue weighted by atomic mass is 9.85. The molecule has 3 heterocycles. The Labute approximate surface area is 248 Å². The van der Waals surface area contributed by atoms with E-state index in [9.17, 15) is 18.8 Å². The third-order valence-electron chi connectivity index (χ3n) is 7.60. The van der Waals surface area contributed by atoms with Gasteiger partial charge in [0.25, 0.3) is 0 Å². The molecule has 0 radical (unpaired) electrons. The van der Waals surface area contributed by atoms with E-state index in [4.69, 9.17) is 15.9 Å². The van der Waals surface area contributed by atoms with E-state index < -0.39 is 28.7 Å². The van der Waals surface area contributed by atoms with Gasteiger partial charge in [-0.15, -0.1) is 0 Å². The Hall–Kier alpha value is -4.83. The van der Waals surface area contributed by atoms with Crippen LogP contribution >= 0.6 is 0 Å². The van der Waals surface area contributed by atoms with Gasteiger partial charge in [0.05, 0.1) is 65.4 Å². The Morgan fingerprint density at radius 1 is 1.33 bits per heavy atom. The van der Waals surface area contributed by atoms with Crippen LogP contribution in [0.4, 0.5) is 30.9 Å². The summed E-state index contributed by atoms with van der Waals surface area (Å²) in [5, 5.41) is 20.7. The van der Waals surface area contributed by atoms with E-state index in [1.54, 1.807) is 38.2 Å². The Morgan fingerprint density at radius 3 is 2.65 bits per heavy atom. The predicted molar refractivity (Wildman–Crippen MR) is 160 cm³/mol. The van der Waals surface area contributed by atoms with Gasteiger partial charge in [-0.25, -0.2) is 18.6 Å². The Balaban J connectivity index is 1.47. The maximum Gasteiger partial charge on any atom is 0.409 e. The summed E-state index contributed by atoms with van der Waals surface area (Å²) < 4.78 is 34.4. The zero-order chi connectivity index (χ0) is 31.5. The van der Waals surface area contributed by atoms with E-state index in [0.29, 0.717) is 30.4 Å². The molecule has 1 amide bonds. The summed E-state index contributed by atoms with van der Waals surface area (Å²) in [7, 11) is 3.03. The normalized spacial score (nSPS) is 18.8. The Morgan fingerprint density at radius 2 is 2.02 bits per heavy atom. The molecule has 2 aromatic heterocycles. The lowest BCUT2D eigenvalue weighted by Crippen LogP contribution is -2.62. The molecule has 3 unspecified atom stereocenters. The number of benzene rings is 1. The molecular formula is C30H35F2N9O2. The van der Waals surface area contributed by atoms with Crippen molar-refractivity contribution in [1.82, 2.24) is 19.9 Å². The van der Waals surface area contributed by atoms with E-state index in [0.717, 1.165) is 17.8 Å². The van der Waals surface area contributed by atoms with Crippen LogP contribution in [0.3, 0.4) is 0 Å². The monoisotopic (exact) mass is 591 g/mol. The highest BCUT2D eigenvalue weighted by Crippen LogP contribution is 2.32. The fraction of sp³-hybridized carbons (Fsp3) is 0.367. The number of nitrogens with one attached hydrogen (secondary N) is 3. The van der Waals surface area contributed by atoms with Crippen LogP contribution in [0.5, 0.6) is 0 Å². The van der Waals surface area contributed by atoms with E-state index >= 15 is 0 Å². The van der Waals surface area contributed by atoms with Crippen molar-refractivity contribution in [1.29, 1.82) is 10.7 Å². The molecule has 3 aromatic rings. The maximum atomic E-state index is 14.8. The van der Waals surface area contributed by atoms with Gasteiger partial charge in [-0.2, -0.15) is 5.26 Å². The molecule has 1 aromatic carbocycles. The molecule has 5 N–H and O–H groups in total. The first-order valence-electron chi connectivity index (χ1n) is 13.6. The minimum Gasteiger partial charge on any atom is -0.453 e. The summed E-state index contributed by atoms with van der Waals surface area (Å²) in [5.41, 5.74) is 6.78. The van der Waals surface area contributed by atoms with Crippen molar-refractivity contribution >= 4 is 35.2 Å². The van der Waals surface area contributed by atoms with Gasteiger partial charge in [0, 0.05) is 32.4 Å². The number of imidazole rings is 1. The van der Waals surface area contributed by atoms with Crippen LogP contribution in [0.1, 0.15) is 37.6 Å². The molecule has 0 saturated carbocycles. The van der Waals surface area contributed by atoms with E-state index in [2.05, 4.69) is 25.2 Å². The summed E-state index contributed by atoms with van der Waals surface area (Å²) in [5.74, 6) is -1.40. The van der Waals surface area contributed by atoms with Crippen molar-refractivity contribution < 1.29 is 18.3 Å². The van der Waals surface area contributed by atoms with Crippen LogP contribution in [0.2, 0.25) is 0 Å². The Kier molecular flexibility index (Phi) is 9.10. The summed E-state index contributed by atoms with van der Waals surface area (Å²) in [6.45, 7) is 6.29. The summed E-state index contributed by atoms with van der Waals surface area (Å²) in [4.78, 5) is 27.4. The second kappa shape index (κ2) is 12.6. The lowest BCUT2D eigenvalue weighted by molar-refractivity contribution is 0.0906. The number of halogens is 2. The first kappa shape index (κ1) is 31.1. The number of amides is 1. The number of carbonyl (C=O) groups excluding carboxylic acids is 1. The average Bonchev–Trinajstić information content (AvgIpc) is 3.42. The highest BCUT2D eigenvalue weighted by molar-refractivity contribution is 6.09.